The second-order valence-corrected chi connectivity index (χ2v) is 5.98. The maximum absolute atomic E-state index is 6.14. The van der Waals surface area contributed by atoms with E-state index < -0.39 is 0 Å². The molecule has 20 heavy (non-hydrogen) atoms. The zero-order valence-electron chi connectivity index (χ0n) is 12.9. The Bertz CT molecular complexity index is 402. The van der Waals surface area contributed by atoms with Crippen LogP contribution in [0, 0.1) is 0 Å². The fraction of sp³-hybridized carbons (Fsp3) is 0.667. The highest BCUT2D eigenvalue weighted by Crippen LogP contribution is 2.30. The van der Waals surface area contributed by atoms with Gasteiger partial charge in [0.05, 0.1) is 6.61 Å². The molecule has 0 bridgehead atoms. The first-order valence-electron chi connectivity index (χ1n) is 8.32. The number of aryl methyl sites for hydroxylation is 1. The van der Waals surface area contributed by atoms with Crippen molar-refractivity contribution in [2.75, 3.05) is 6.61 Å². The predicted octanol–water partition coefficient (Wildman–Crippen LogP) is 4.76. The first-order valence-corrected chi connectivity index (χ1v) is 8.32. The molecule has 0 saturated carbocycles. The Hall–Kier alpha value is -1.02. The molecule has 2 N–H and O–H groups in total. The van der Waals surface area contributed by atoms with Crippen LogP contribution in [0.2, 0.25) is 0 Å². The summed E-state index contributed by atoms with van der Waals surface area (Å²) in [6.07, 6.45) is 11.3. The first-order chi connectivity index (χ1) is 9.81. The number of nitrogens with two attached hydrogens (primary N) is 1. The van der Waals surface area contributed by atoms with Gasteiger partial charge in [-0.2, -0.15) is 0 Å². The molecule has 2 rings (SSSR count). The van der Waals surface area contributed by atoms with E-state index in [4.69, 9.17) is 10.5 Å². The second-order valence-electron chi connectivity index (χ2n) is 5.98. The topological polar surface area (TPSA) is 35.2 Å². The normalized spacial score (nSPS) is 17.8. The van der Waals surface area contributed by atoms with Gasteiger partial charge in [0.1, 0.15) is 5.75 Å². The lowest BCUT2D eigenvalue weighted by Gasteiger charge is -2.22. The van der Waals surface area contributed by atoms with E-state index in [0.29, 0.717) is 0 Å². The molecule has 0 fully saturated rings. The second kappa shape index (κ2) is 8.31. The van der Waals surface area contributed by atoms with Gasteiger partial charge in [-0.25, -0.2) is 0 Å². The van der Waals surface area contributed by atoms with Crippen LogP contribution >= 0.6 is 0 Å². The first kappa shape index (κ1) is 15.4. The summed E-state index contributed by atoms with van der Waals surface area (Å²) >= 11 is 0. The third-order valence-corrected chi connectivity index (χ3v) is 4.24. The molecule has 1 aromatic rings. The number of benzene rings is 1. The molecule has 0 spiro atoms. The Balaban J connectivity index is 1.71. The molecule has 0 aromatic heterocycles. The van der Waals surface area contributed by atoms with Crippen molar-refractivity contribution in [2.45, 2.75) is 70.8 Å². The molecule has 1 atom stereocenters. The van der Waals surface area contributed by atoms with Crippen LogP contribution in [-0.4, -0.2) is 6.61 Å². The third-order valence-electron chi connectivity index (χ3n) is 4.24. The van der Waals surface area contributed by atoms with Crippen LogP contribution in [0.15, 0.2) is 18.2 Å². The monoisotopic (exact) mass is 275 g/mol. The number of rotatable bonds is 8. The minimum absolute atomic E-state index is 0.228. The highest BCUT2D eigenvalue weighted by atomic mass is 16.5. The van der Waals surface area contributed by atoms with Gasteiger partial charge in [-0.3, -0.25) is 0 Å². The molecule has 2 heteroatoms. The van der Waals surface area contributed by atoms with E-state index in [2.05, 4.69) is 25.1 Å². The zero-order valence-corrected chi connectivity index (χ0v) is 12.9. The van der Waals surface area contributed by atoms with Crippen molar-refractivity contribution < 1.29 is 4.74 Å². The summed E-state index contributed by atoms with van der Waals surface area (Å²) < 4.78 is 5.87. The van der Waals surface area contributed by atoms with Crippen LogP contribution in [-0.2, 0) is 6.42 Å². The van der Waals surface area contributed by atoms with Crippen LogP contribution in [0.1, 0.15) is 75.5 Å². The van der Waals surface area contributed by atoms with Crippen molar-refractivity contribution in [1.82, 2.24) is 0 Å². The molecular weight excluding hydrogens is 246 g/mol. The summed E-state index contributed by atoms with van der Waals surface area (Å²) in [5.41, 5.74) is 8.85. The molecule has 0 amide bonds. The van der Waals surface area contributed by atoms with Gasteiger partial charge in [-0.1, -0.05) is 45.1 Å². The number of ether oxygens (including phenoxy) is 1. The summed E-state index contributed by atoms with van der Waals surface area (Å²) in [7, 11) is 0. The van der Waals surface area contributed by atoms with Crippen LogP contribution in [0.25, 0.3) is 0 Å². The fourth-order valence-electron chi connectivity index (χ4n) is 2.99. The standard InChI is InChI=1S/C18H29NO/c1-2-3-4-5-6-7-13-20-16-11-12-17-15(14-16)9-8-10-18(17)19/h11-12,14,18H,2-10,13,19H2,1H3. The lowest BCUT2D eigenvalue weighted by Crippen LogP contribution is -2.17. The van der Waals surface area contributed by atoms with E-state index in [9.17, 15) is 0 Å². The Labute approximate surface area is 123 Å². The zero-order chi connectivity index (χ0) is 14.2. The molecule has 1 aromatic carbocycles. The van der Waals surface area contributed by atoms with Crippen LogP contribution in [0.3, 0.4) is 0 Å². The van der Waals surface area contributed by atoms with Crippen molar-refractivity contribution in [1.29, 1.82) is 0 Å². The number of hydrogen-bond acceptors (Lipinski definition) is 2. The lowest BCUT2D eigenvalue weighted by molar-refractivity contribution is 0.303. The summed E-state index contributed by atoms with van der Waals surface area (Å²) in [6, 6.07) is 6.67. The number of unbranched alkanes of at least 4 members (excludes halogenated alkanes) is 5. The van der Waals surface area contributed by atoms with Gasteiger partial charge < -0.3 is 10.5 Å². The van der Waals surface area contributed by atoms with Crippen molar-refractivity contribution in [3.8, 4) is 5.75 Å². The molecular formula is C18H29NO. The minimum atomic E-state index is 0.228. The average Bonchev–Trinajstić information content (AvgIpc) is 2.46. The molecule has 0 heterocycles. The molecule has 1 aliphatic rings. The van der Waals surface area contributed by atoms with E-state index in [1.807, 2.05) is 0 Å². The Morgan fingerprint density at radius 3 is 2.80 bits per heavy atom. The van der Waals surface area contributed by atoms with E-state index in [1.54, 1.807) is 0 Å². The maximum Gasteiger partial charge on any atom is 0.119 e. The molecule has 0 saturated heterocycles. The molecule has 0 radical (unpaired) electrons. The summed E-state index contributed by atoms with van der Waals surface area (Å²) in [5.74, 6) is 1.02. The summed E-state index contributed by atoms with van der Waals surface area (Å²) in [6.45, 7) is 3.10. The smallest absolute Gasteiger partial charge is 0.119 e. The Morgan fingerprint density at radius 2 is 1.95 bits per heavy atom. The van der Waals surface area contributed by atoms with Gasteiger partial charge in [0.2, 0.25) is 0 Å². The highest BCUT2D eigenvalue weighted by Gasteiger charge is 2.16. The van der Waals surface area contributed by atoms with E-state index >= 15 is 0 Å². The molecule has 2 nitrogen and oxygen atoms in total. The van der Waals surface area contributed by atoms with Crippen molar-refractivity contribution >= 4 is 0 Å². The third kappa shape index (κ3) is 4.52. The van der Waals surface area contributed by atoms with Crippen LogP contribution < -0.4 is 10.5 Å². The molecule has 1 aliphatic carbocycles. The number of fused-ring (bicyclic) bond motifs is 1. The molecule has 1 unspecified atom stereocenters. The summed E-state index contributed by atoms with van der Waals surface area (Å²) in [5, 5.41) is 0. The Kier molecular flexibility index (Phi) is 6.38. The van der Waals surface area contributed by atoms with E-state index in [-0.39, 0.29) is 6.04 Å². The van der Waals surface area contributed by atoms with Gasteiger partial charge >= 0.3 is 0 Å². The maximum atomic E-state index is 6.14. The van der Waals surface area contributed by atoms with Crippen molar-refractivity contribution in [2.24, 2.45) is 5.73 Å². The lowest BCUT2D eigenvalue weighted by atomic mass is 9.88. The number of hydrogen-bond donors (Lipinski definition) is 1. The SMILES string of the molecule is CCCCCCCCOc1ccc2c(c1)CCCC2N. The fourth-order valence-corrected chi connectivity index (χ4v) is 2.99. The minimum Gasteiger partial charge on any atom is -0.494 e. The van der Waals surface area contributed by atoms with Gasteiger partial charge in [0, 0.05) is 6.04 Å². The van der Waals surface area contributed by atoms with E-state index in [0.717, 1.165) is 25.2 Å². The summed E-state index contributed by atoms with van der Waals surface area (Å²) in [4.78, 5) is 0. The van der Waals surface area contributed by atoms with Crippen LogP contribution in [0.4, 0.5) is 0 Å². The average molecular weight is 275 g/mol. The quantitative estimate of drug-likeness (QED) is 0.694. The Morgan fingerprint density at radius 1 is 1.15 bits per heavy atom. The largest absolute Gasteiger partial charge is 0.494 e. The predicted molar refractivity (Wildman–Crippen MR) is 85.2 cm³/mol. The van der Waals surface area contributed by atoms with Crippen molar-refractivity contribution in [3.05, 3.63) is 29.3 Å². The van der Waals surface area contributed by atoms with E-state index in [1.165, 1.54) is 56.1 Å². The molecule has 0 aliphatic heterocycles. The molecule has 112 valence electrons. The van der Waals surface area contributed by atoms with Gasteiger partial charge in [0.15, 0.2) is 0 Å². The van der Waals surface area contributed by atoms with Crippen molar-refractivity contribution in [3.63, 3.8) is 0 Å². The van der Waals surface area contributed by atoms with Gasteiger partial charge in [-0.15, -0.1) is 0 Å². The van der Waals surface area contributed by atoms with Crippen LogP contribution in [0.5, 0.6) is 5.75 Å². The van der Waals surface area contributed by atoms with Gasteiger partial charge in [0.25, 0.3) is 0 Å². The van der Waals surface area contributed by atoms with Gasteiger partial charge in [-0.05, 0) is 48.9 Å². The highest BCUT2D eigenvalue weighted by molar-refractivity contribution is 5.38.